The number of amides is 1. The van der Waals surface area contributed by atoms with Crippen molar-refractivity contribution in [3.05, 3.63) is 29.8 Å². The van der Waals surface area contributed by atoms with Gasteiger partial charge in [-0.25, -0.2) is 0 Å². The Bertz CT molecular complexity index is 515. The number of carboxylic acid groups (broad SMARTS) is 1. The lowest BCUT2D eigenvalue weighted by Gasteiger charge is -2.30. The minimum atomic E-state index is -0.805. The summed E-state index contributed by atoms with van der Waals surface area (Å²) in [6.45, 7) is 1.01. The molecule has 2 rings (SSSR count). The zero-order valence-electron chi connectivity index (χ0n) is 12.2. The van der Waals surface area contributed by atoms with Gasteiger partial charge in [0.25, 0.3) is 0 Å². The van der Waals surface area contributed by atoms with Crippen molar-refractivity contribution in [1.82, 2.24) is 4.90 Å². The number of aliphatic carboxylic acids is 1. The summed E-state index contributed by atoms with van der Waals surface area (Å²) in [7, 11) is 1.62. The fraction of sp³-hybridized carbons (Fsp3) is 0.500. The smallest absolute Gasteiger partial charge is 0.308 e. The van der Waals surface area contributed by atoms with Gasteiger partial charge in [0.15, 0.2) is 0 Å². The van der Waals surface area contributed by atoms with Crippen LogP contribution in [0.5, 0.6) is 5.75 Å². The summed E-state index contributed by atoms with van der Waals surface area (Å²) in [5.74, 6) is -0.410. The summed E-state index contributed by atoms with van der Waals surface area (Å²) < 4.78 is 5.16. The predicted molar refractivity (Wildman–Crippen MR) is 78.3 cm³/mol. The molecule has 0 aliphatic carbocycles. The molecule has 0 aromatic heterocycles. The van der Waals surface area contributed by atoms with Gasteiger partial charge in [0.2, 0.25) is 5.91 Å². The Morgan fingerprint density at radius 2 is 2.24 bits per heavy atom. The van der Waals surface area contributed by atoms with Crippen molar-refractivity contribution < 1.29 is 19.4 Å². The maximum atomic E-state index is 12.2. The molecule has 1 aromatic rings. The summed E-state index contributed by atoms with van der Waals surface area (Å²) in [4.78, 5) is 24.9. The summed E-state index contributed by atoms with van der Waals surface area (Å²) in [6, 6.07) is 7.66. The van der Waals surface area contributed by atoms with Crippen molar-refractivity contribution in [2.45, 2.75) is 25.7 Å². The lowest BCUT2D eigenvalue weighted by Crippen LogP contribution is -2.42. The Balaban J connectivity index is 1.87. The Hall–Kier alpha value is -2.04. The van der Waals surface area contributed by atoms with Crippen LogP contribution < -0.4 is 4.74 Å². The number of methoxy groups -OCH3 is 1. The number of carboxylic acids is 1. The van der Waals surface area contributed by atoms with E-state index in [1.807, 2.05) is 24.3 Å². The van der Waals surface area contributed by atoms with Gasteiger partial charge in [-0.15, -0.1) is 0 Å². The average molecular weight is 291 g/mol. The minimum Gasteiger partial charge on any atom is -0.497 e. The lowest BCUT2D eigenvalue weighted by atomic mass is 9.97. The molecule has 1 aliphatic rings. The summed E-state index contributed by atoms with van der Waals surface area (Å²) in [6.07, 6.45) is 2.47. The Morgan fingerprint density at radius 1 is 1.43 bits per heavy atom. The lowest BCUT2D eigenvalue weighted by molar-refractivity contribution is -0.145. The third-order valence-electron chi connectivity index (χ3n) is 3.89. The largest absolute Gasteiger partial charge is 0.497 e. The number of rotatable bonds is 5. The SMILES string of the molecule is COc1cccc(CCC(=O)N2CCCC(C(=O)O)C2)c1. The van der Waals surface area contributed by atoms with E-state index in [9.17, 15) is 9.59 Å². The van der Waals surface area contributed by atoms with E-state index in [-0.39, 0.29) is 5.91 Å². The van der Waals surface area contributed by atoms with Crippen molar-refractivity contribution in [3.8, 4) is 5.75 Å². The molecule has 0 spiro atoms. The zero-order chi connectivity index (χ0) is 15.2. The molecular formula is C16H21NO4. The van der Waals surface area contributed by atoms with Crippen LogP contribution in [0.4, 0.5) is 0 Å². The number of likely N-dealkylation sites (tertiary alicyclic amines) is 1. The zero-order valence-corrected chi connectivity index (χ0v) is 12.2. The number of carbonyl (C=O) groups is 2. The van der Waals surface area contributed by atoms with Gasteiger partial charge in [-0.1, -0.05) is 12.1 Å². The van der Waals surface area contributed by atoms with Gasteiger partial charge in [-0.05, 0) is 37.0 Å². The molecule has 1 amide bonds. The van der Waals surface area contributed by atoms with Crippen LogP contribution >= 0.6 is 0 Å². The molecule has 114 valence electrons. The second-order valence-electron chi connectivity index (χ2n) is 5.37. The maximum absolute atomic E-state index is 12.2. The van der Waals surface area contributed by atoms with Crippen LogP contribution in [0.1, 0.15) is 24.8 Å². The normalized spacial score (nSPS) is 18.3. The second-order valence-corrected chi connectivity index (χ2v) is 5.37. The van der Waals surface area contributed by atoms with Crippen LogP contribution in [-0.4, -0.2) is 42.1 Å². The monoisotopic (exact) mass is 291 g/mol. The summed E-state index contributed by atoms with van der Waals surface area (Å²) in [5.41, 5.74) is 1.05. The fourth-order valence-electron chi connectivity index (χ4n) is 2.64. The highest BCUT2D eigenvalue weighted by atomic mass is 16.5. The molecule has 1 saturated heterocycles. The number of nitrogens with zero attached hydrogens (tertiary/aromatic N) is 1. The van der Waals surface area contributed by atoms with E-state index >= 15 is 0 Å². The van der Waals surface area contributed by atoms with Crippen molar-refractivity contribution in [1.29, 1.82) is 0 Å². The number of hydrogen-bond acceptors (Lipinski definition) is 3. The molecule has 5 heteroatoms. The molecule has 1 atom stereocenters. The molecule has 1 N–H and O–H groups in total. The van der Waals surface area contributed by atoms with E-state index in [1.165, 1.54) is 0 Å². The molecule has 1 aromatic carbocycles. The van der Waals surface area contributed by atoms with Crippen LogP contribution in [0, 0.1) is 5.92 Å². The number of aryl methyl sites for hydroxylation is 1. The summed E-state index contributed by atoms with van der Waals surface area (Å²) in [5, 5.41) is 9.05. The fourth-order valence-corrected chi connectivity index (χ4v) is 2.64. The quantitative estimate of drug-likeness (QED) is 0.900. The van der Waals surface area contributed by atoms with Gasteiger partial charge < -0.3 is 14.7 Å². The first-order valence-electron chi connectivity index (χ1n) is 7.23. The number of benzene rings is 1. The highest BCUT2D eigenvalue weighted by molar-refractivity contribution is 5.78. The number of piperidine rings is 1. The van der Waals surface area contributed by atoms with E-state index in [4.69, 9.17) is 9.84 Å². The molecule has 0 radical (unpaired) electrons. The molecule has 1 fully saturated rings. The molecular weight excluding hydrogens is 270 g/mol. The first-order chi connectivity index (χ1) is 10.1. The van der Waals surface area contributed by atoms with E-state index in [1.54, 1.807) is 12.0 Å². The highest BCUT2D eigenvalue weighted by Crippen LogP contribution is 2.19. The molecule has 0 bridgehead atoms. The summed E-state index contributed by atoms with van der Waals surface area (Å²) >= 11 is 0. The van der Waals surface area contributed by atoms with E-state index in [0.717, 1.165) is 17.7 Å². The van der Waals surface area contributed by atoms with Crippen LogP contribution in [0.15, 0.2) is 24.3 Å². The third-order valence-corrected chi connectivity index (χ3v) is 3.89. The molecule has 1 unspecified atom stereocenters. The number of ether oxygens (including phenoxy) is 1. The van der Waals surface area contributed by atoms with E-state index in [0.29, 0.717) is 32.4 Å². The van der Waals surface area contributed by atoms with Gasteiger partial charge in [0.1, 0.15) is 5.75 Å². The number of carbonyl (C=O) groups excluding carboxylic acids is 1. The molecule has 21 heavy (non-hydrogen) atoms. The van der Waals surface area contributed by atoms with Crippen molar-refractivity contribution >= 4 is 11.9 Å². The topological polar surface area (TPSA) is 66.8 Å². The minimum absolute atomic E-state index is 0.0313. The van der Waals surface area contributed by atoms with Gasteiger partial charge in [-0.2, -0.15) is 0 Å². The Kier molecular flexibility index (Phi) is 5.20. The van der Waals surface area contributed by atoms with Crippen molar-refractivity contribution in [2.24, 2.45) is 5.92 Å². The van der Waals surface area contributed by atoms with Gasteiger partial charge in [0, 0.05) is 19.5 Å². The predicted octanol–water partition coefficient (Wildman–Crippen LogP) is 1.95. The number of hydrogen-bond donors (Lipinski definition) is 1. The van der Waals surface area contributed by atoms with Crippen molar-refractivity contribution in [2.75, 3.05) is 20.2 Å². The third kappa shape index (κ3) is 4.21. The molecule has 0 saturated carbocycles. The van der Waals surface area contributed by atoms with E-state index in [2.05, 4.69) is 0 Å². The second kappa shape index (κ2) is 7.11. The van der Waals surface area contributed by atoms with Crippen LogP contribution in [0.2, 0.25) is 0 Å². The standard InChI is InChI=1S/C16H21NO4/c1-21-14-6-2-4-12(10-14)7-8-15(18)17-9-3-5-13(11-17)16(19)20/h2,4,6,10,13H,3,5,7-9,11H2,1H3,(H,19,20). The molecule has 1 heterocycles. The Morgan fingerprint density at radius 3 is 2.95 bits per heavy atom. The van der Waals surface area contributed by atoms with E-state index < -0.39 is 11.9 Å². The average Bonchev–Trinajstić information content (AvgIpc) is 2.53. The molecule has 5 nitrogen and oxygen atoms in total. The van der Waals surface area contributed by atoms with Crippen LogP contribution in [-0.2, 0) is 16.0 Å². The van der Waals surface area contributed by atoms with Gasteiger partial charge in [-0.3, -0.25) is 9.59 Å². The first kappa shape index (κ1) is 15.4. The molecule has 1 aliphatic heterocycles. The van der Waals surface area contributed by atoms with Gasteiger partial charge >= 0.3 is 5.97 Å². The maximum Gasteiger partial charge on any atom is 0.308 e. The van der Waals surface area contributed by atoms with Crippen LogP contribution in [0.25, 0.3) is 0 Å². The van der Waals surface area contributed by atoms with Gasteiger partial charge in [0.05, 0.1) is 13.0 Å². The van der Waals surface area contributed by atoms with Crippen LogP contribution in [0.3, 0.4) is 0 Å². The Labute approximate surface area is 124 Å². The first-order valence-corrected chi connectivity index (χ1v) is 7.23. The van der Waals surface area contributed by atoms with Crippen molar-refractivity contribution in [3.63, 3.8) is 0 Å². The highest BCUT2D eigenvalue weighted by Gasteiger charge is 2.27.